The summed E-state index contributed by atoms with van der Waals surface area (Å²) in [5, 5.41) is 0. The van der Waals surface area contributed by atoms with Crippen LogP contribution >= 0.6 is 0 Å². The molecule has 1 aliphatic rings. The van der Waals surface area contributed by atoms with Crippen LogP contribution < -0.4 is 4.90 Å². The van der Waals surface area contributed by atoms with Crippen molar-refractivity contribution in [3.8, 4) is 0 Å². The minimum Gasteiger partial charge on any atom is -0.365 e. The number of Topliss-reactive ketones (excluding diaryl/α,β-unsaturated/α-hetero) is 1. The van der Waals surface area contributed by atoms with E-state index in [1.807, 2.05) is 36.8 Å². The largest absolute Gasteiger partial charge is 0.365 e. The Morgan fingerprint density at radius 1 is 1.30 bits per heavy atom. The maximum absolute atomic E-state index is 12.0. The summed E-state index contributed by atoms with van der Waals surface area (Å²) in [6.45, 7) is 5.87. The lowest BCUT2D eigenvalue weighted by Gasteiger charge is -2.31. The second-order valence-corrected chi connectivity index (χ2v) is 5.50. The van der Waals surface area contributed by atoms with Gasteiger partial charge in [-0.3, -0.25) is 4.79 Å². The fourth-order valence-electron chi connectivity index (χ4n) is 2.76. The van der Waals surface area contributed by atoms with Crippen LogP contribution in [0.5, 0.6) is 0 Å². The summed E-state index contributed by atoms with van der Waals surface area (Å²) < 4.78 is 2.18. The lowest BCUT2D eigenvalue weighted by atomic mass is 10.0. The quantitative estimate of drug-likeness (QED) is 0.859. The van der Waals surface area contributed by atoms with E-state index in [1.165, 1.54) is 5.69 Å². The van der Waals surface area contributed by atoms with Gasteiger partial charge >= 0.3 is 0 Å². The molecule has 0 saturated carbocycles. The monoisotopic (exact) mass is 269 g/mol. The van der Waals surface area contributed by atoms with Crippen molar-refractivity contribution in [2.75, 3.05) is 11.4 Å². The molecule has 3 rings (SSSR count). The highest BCUT2D eigenvalue weighted by atomic mass is 16.1. The number of benzene rings is 1. The average Bonchev–Trinajstić information content (AvgIpc) is 2.91. The number of hydrogen-bond donors (Lipinski definition) is 0. The molecule has 0 spiro atoms. The van der Waals surface area contributed by atoms with Gasteiger partial charge in [0, 0.05) is 36.5 Å². The number of imidazole rings is 1. The summed E-state index contributed by atoms with van der Waals surface area (Å²) in [5.74, 6) is 0.245. The number of ketones is 1. The lowest BCUT2D eigenvalue weighted by Crippen LogP contribution is -2.32. The molecule has 1 aromatic heterocycles. The smallest absolute Gasteiger partial charge is 0.166 e. The number of fused-ring (bicyclic) bond motifs is 1. The van der Waals surface area contributed by atoms with Gasteiger partial charge < -0.3 is 9.47 Å². The second kappa shape index (κ2) is 5.12. The molecule has 0 amide bonds. The van der Waals surface area contributed by atoms with Crippen molar-refractivity contribution in [2.24, 2.45) is 0 Å². The highest BCUT2D eigenvalue weighted by Gasteiger charge is 2.23. The molecule has 0 saturated heterocycles. The normalized spacial score (nSPS) is 14.8. The van der Waals surface area contributed by atoms with Gasteiger partial charge in [0.25, 0.3) is 0 Å². The highest BCUT2D eigenvalue weighted by molar-refractivity contribution is 6.03. The molecule has 0 fully saturated rings. The van der Waals surface area contributed by atoms with E-state index in [1.54, 1.807) is 0 Å². The number of nitrogens with zero attached hydrogens (tertiary/aromatic N) is 3. The van der Waals surface area contributed by atoms with Gasteiger partial charge in [0.15, 0.2) is 5.78 Å². The number of aromatic nitrogens is 2. The number of anilines is 1. The Morgan fingerprint density at radius 3 is 2.90 bits per heavy atom. The Kier molecular flexibility index (Phi) is 3.30. The van der Waals surface area contributed by atoms with E-state index in [0.29, 0.717) is 12.5 Å². The van der Waals surface area contributed by atoms with Crippen molar-refractivity contribution < 1.29 is 4.79 Å². The first-order valence-corrected chi connectivity index (χ1v) is 7.04. The third-order valence-electron chi connectivity index (χ3n) is 3.81. The number of hydrogen-bond acceptors (Lipinski definition) is 3. The van der Waals surface area contributed by atoms with Crippen LogP contribution in [0.25, 0.3) is 0 Å². The average molecular weight is 269 g/mol. The van der Waals surface area contributed by atoms with Crippen LogP contribution in [0.1, 0.15) is 42.4 Å². The first-order valence-electron chi connectivity index (χ1n) is 7.04. The first-order chi connectivity index (χ1) is 9.66. The molecule has 0 atom stereocenters. The fraction of sp³-hybridized carbons (Fsp3) is 0.375. The maximum atomic E-state index is 12.0. The Bertz CT molecular complexity index is 630. The van der Waals surface area contributed by atoms with Crippen LogP contribution in [0.2, 0.25) is 0 Å². The van der Waals surface area contributed by atoms with Crippen LogP contribution in [0.3, 0.4) is 0 Å². The van der Waals surface area contributed by atoms with Crippen molar-refractivity contribution in [1.82, 2.24) is 9.55 Å². The van der Waals surface area contributed by atoms with Gasteiger partial charge in [-0.15, -0.1) is 0 Å². The summed E-state index contributed by atoms with van der Waals surface area (Å²) in [7, 11) is 0. The standard InChI is InChI=1S/C16H19N3O/c1-12(2)19-11-17-9-13(19)10-18-8-7-16(20)14-5-3-4-6-15(14)18/h3-6,9,11-12H,7-8,10H2,1-2H3. The Hall–Kier alpha value is -2.10. The number of para-hydroxylation sites is 1. The van der Waals surface area contributed by atoms with Crippen LogP contribution in [0.4, 0.5) is 5.69 Å². The van der Waals surface area contributed by atoms with Crippen molar-refractivity contribution in [1.29, 1.82) is 0 Å². The Balaban J connectivity index is 1.91. The Labute approximate surface area is 119 Å². The SMILES string of the molecule is CC(C)n1cncc1CN1CCC(=O)c2ccccc21. The summed E-state index contributed by atoms with van der Waals surface area (Å²) in [4.78, 5) is 18.5. The van der Waals surface area contributed by atoms with E-state index in [4.69, 9.17) is 0 Å². The number of carbonyl (C=O) groups excluding carboxylic acids is 1. The zero-order chi connectivity index (χ0) is 14.1. The van der Waals surface area contributed by atoms with E-state index >= 15 is 0 Å². The summed E-state index contributed by atoms with van der Waals surface area (Å²) in [5.41, 5.74) is 3.07. The summed E-state index contributed by atoms with van der Waals surface area (Å²) >= 11 is 0. The molecule has 0 unspecified atom stereocenters. The van der Waals surface area contributed by atoms with Gasteiger partial charge in [0.2, 0.25) is 0 Å². The summed E-state index contributed by atoms with van der Waals surface area (Å²) in [6.07, 6.45) is 4.38. The predicted molar refractivity (Wildman–Crippen MR) is 79.1 cm³/mol. The molecule has 0 N–H and O–H groups in total. The van der Waals surface area contributed by atoms with Gasteiger partial charge in [-0.05, 0) is 26.0 Å². The minimum atomic E-state index is 0.245. The maximum Gasteiger partial charge on any atom is 0.166 e. The molecule has 0 aliphatic carbocycles. The molecular formula is C16H19N3O. The van der Waals surface area contributed by atoms with Gasteiger partial charge in [-0.2, -0.15) is 0 Å². The van der Waals surface area contributed by atoms with Crippen molar-refractivity contribution in [3.05, 3.63) is 48.0 Å². The highest BCUT2D eigenvalue weighted by Crippen LogP contribution is 2.28. The fourth-order valence-corrected chi connectivity index (χ4v) is 2.76. The minimum absolute atomic E-state index is 0.245. The second-order valence-electron chi connectivity index (χ2n) is 5.50. The third-order valence-corrected chi connectivity index (χ3v) is 3.81. The molecule has 1 aromatic carbocycles. The van der Waals surface area contributed by atoms with Crippen LogP contribution in [0, 0.1) is 0 Å². The number of rotatable bonds is 3. The predicted octanol–water partition coefficient (Wildman–Crippen LogP) is 3.06. The van der Waals surface area contributed by atoms with E-state index in [9.17, 15) is 4.79 Å². The van der Waals surface area contributed by atoms with E-state index in [2.05, 4.69) is 28.3 Å². The van der Waals surface area contributed by atoms with Gasteiger partial charge in [0.05, 0.1) is 18.6 Å². The first kappa shape index (κ1) is 12.9. The molecule has 2 aromatic rings. The molecule has 1 aliphatic heterocycles. The van der Waals surface area contributed by atoms with E-state index in [-0.39, 0.29) is 5.78 Å². The van der Waals surface area contributed by atoms with Gasteiger partial charge in [-0.1, -0.05) is 12.1 Å². The third kappa shape index (κ3) is 2.22. The zero-order valence-electron chi connectivity index (χ0n) is 11.9. The molecule has 4 nitrogen and oxygen atoms in total. The van der Waals surface area contributed by atoms with E-state index < -0.39 is 0 Å². The number of carbonyl (C=O) groups is 1. The van der Waals surface area contributed by atoms with Gasteiger partial charge in [0.1, 0.15) is 0 Å². The molecule has 20 heavy (non-hydrogen) atoms. The molecule has 104 valence electrons. The topological polar surface area (TPSA) is 38.1 Å². The van der Waals surface area contributed by atoms with Crippen molar-refractivity contribution in [3.63, 3.8) is 0 Å². The molecule has 4 heteroatoms. The van der Waals surface area contributed by atoms with Gasteiger partial charge in [-0.25, -0.2) is 4.98 Å². The summed E-state index contributed by atoms with van der Waals surface area (Å²) in [6, 6.07) is 8.27. The van der Waals surface area contributed by atoms with Crippen LogP contribution in [0.15, 0.2) is 36.8 Å². The molecule has 2 heterocycles. The van der Waals surface area contributed by atoms with Crippen molar-refractivity contribution >= 4 is 11.5 Å². The Morgan fingerprint density at radius 2 is 2.10 bits per heavy atom. The van der Waals surface area contributed by atoms with Crippen molar-refractivity contribution in [2.45, 2.75) is 32.9 Å². The van der Waals surface area contributed by atoms with Crippen LogP contribution in [-0.2, 0) is 6.54 Å². The zero-order valence-corrected chi connectivity index (χ0v) is 11.9. The lowest BCUT2D eigenvalue weighted by molar-refractivity contribution is 0.0979. The van der Waals surface area contributed by atoms with E-state index in [0.717, 1.165) is 24.3 Å². The van der Waals surface area contributed by atoms with Crippen LogP contribution in [-0.4, -0.2) is 21.9 Å². The molecular weight excluding hydrogens is 250 g/mol. The molecule has 0 bridgehead atoms. The molecule has 0 radical (unpaired) electrons.